The third-order valence-corrected chi connectivity index (χ3v) is 6.33. The zero-order valence-electron chi connectivity index (χ0n) is 14.3. The van der Waals surface area contributed by atoms with Gasteiger partial charge in [-0.05, 0) is 42.8 Å². The number of sulfonamides is 1. The Balaban J connectivity index is 1.76. The van der Waals surface area contributed by atoms with Crippen LogP contribution in [0.15, 0.2) is 47.4 Å². The zero-order valence-corrected chi connectivity index (χ0v) is 15.1. The highest BCUT2D eigenvalue weighted by atomic mass is 32.2. The number of benzene rings is 2. The molecule has 0 bridgehead atoms. The van der Waals surface area contributed by atoms with Gasteiger partial charge in [0.1, 0.15) is 11.6 Å². The molecule has 1 aliphatic rings. The van der Waals surface area contributed by atoms with Crippen LogP contribution in [-0.2, 0) is 10.0 Å². The predicted octanol–water partition coefficient (Wildman–Crippen LogP) is 2.65. The van der Waals surface area contributed by atoms with E-state index in [2.05, 4.69) is 4.90 Å². The Morgan fingerprint density at radius 2 is 1.72 bits per heavy atom. The summed E-state index contributed by atoms with van der Waals surface area (Å²) in [5.74, 6) is 0.368. The first-order valence-corrected chi connectivity index (χ1v) is 9.52. The number of aryl methyl sites for hydroxylation is 1. The van der Waals surface area contributed by atoms with Crippen molar-refractivity contribution < 1.29 is 17.5 Å². The molecule has 0 spiro atoms. The van der Waals surface area contributed by atoms with Crippen molar-refractivity contribution in [1.29, 1.82) is 0 Å². The van der Waals surface area contributed by atoms with Gasteiger partial charge in [-0.2, -0.15) is 4.31 Å². The van der Waals surface area contributed by atoms with E-state index in [1.54, 1.807) is 14.0 Å². The molecule has 0 unspecified atom stereocenters. The molecule has 0 aliphatic carbocycles. The van der Waals surface area contributed by atoms with Crippen LogP contribution in [0.2, 0.25) is 0 Å². The summed E-state index contributed by atoms with van der Waals surface area (Å²) in [6.07, 6.45) is 0. The molecule has 1 saturated heterocycles. The highest BCUT2D eigenvalue weighted by Crippen LogP contribution is 2.29. The van der Waals surface area contributed by atoms with E-state index >= 15 is 0 Å². The van der Waals surface area contributed by atoms with E-state index in [1.165, 1.54) is 22.5 Å². The van der Waals surface area contributed by atoms with Crippen molar-refractivity contribution in [2.75, 3.05) is 38.2 Å². The van der Waals surface area contributed by atoms with E-state index in [0.717, 1.165) is 11.4 Å². The van der Waals surface area contributed by atoms with Crippen LogP contribution < -0.4 is 9.64 Å². The van der Waals surface area contributed by atoms with Gasteiger partial charge in [-0.15, -0.1) is 0 Å². The van der Waals surface area contributed by atoms with Gasteiger partial charge in [-0.1, -0.05) is 12.1 Å². The van der Waals surface area contributed by atoms with Gasteiger partial charge in [0.15, 0.2) is 0 Å². The first kappa shape index (κ1) is 17.7. The van der Waals surface area contributed by atoms with Crippen LogP contribution in [0, 0.1) is 12.7 Å². The minimum atomic E-state index is -3.61. The molecule has 1 fully saturated rings. The maximum atomic E-state index is 13.4. The molecule has 0 saturated carbocycles. The topological polar surface area (TPSA) is 49.9 Å². The van der Waals surface area contributed by atoms with Crippen molar-refractivity contribution in [2.24, 2.45) is 0 Å². The number of anilines is 1. The first-order chi connectivity index (χ1) is 11.9. The smallest absolute Gasteiger partial charge is 0.243 e. The molecule has 0 aromatic heterocycles. The van der Waals surface area contributed by atoms with E-state index in [1.807, 2.05) is 24.3 Å². The molecule has 1 aliphatic heterocycles. The Kier molecular flexibility index (Phi) is 4.96. The summed E-state index contributed by atoms with van der Waals surface area (Å²) in [5.41, 5.74) is 1.29. The number of nitrogens with zero attached hydrogens (tertiary/aromatic N) is 2. The number of hydrogen-bond donors (Lipinski definition) is 0. The third-order valence-electron chi connectivity index (χ3n) is 4.43. The zero-order chi connectivity index (χ0) is 18.0. The lowest BCUT2D eigenvalue weighted by Crippen LogP contribution is -2.48. The van der Waals surface area contributed by atoms with E-state index in [4.69, 9.17) is 4.74 Å². The van der Waals surface area contributed by atoms with Gasteiger partial charge in [-0.25, -0.2) is 12.8 Å². The van der Waals surface area contributed by atoms with Crippen LogP contribution >= 0.6 is 0 Å². The van der Waals surface area contributed by atoms with Gasteiger partial charge < -0.3 is 9.64 Å². The fraction of sp³-hybridized carbons (Fsp3) is 0.333. The summed E-state index contributed by atoms with van der Waals surface area (Å²) < 4.78 is 45.8. The lowest BCUT2D eigenvalue weighted by atomic mass is 10.2. The summed E-state index contributed by atoms with van der Waals surface area (Å²) in [6, 6.07) is 11.6. The van der Waals surface area contributed by atoms with E-state index < -0.39 is 15.8 Å². The van der Waals surface area contributed by atoms with Crippen molar-refractivity contribution in [3.63, 3.8) is 0 Å². The second-order valence-electron chi connectivity index (χ2n) is 5.97. The fourth-order valence-electron chi connectivity index (χ4n) is 2.99. The summed E-state index contributed by atoms with van der Waals surface area (Å²) in [7, 11) is -1.99. The van der Waals surface area contributed by atoms with Crippen LogP contribution in [0.3, 0.4) is 0 Å². The molecular formula is C18H21FN2O3S. The predicted molar refractivity (Wildman–Crippen MR) is 95.1 cm³/mol. The van der Waals surface area contributed by atoms with Gasteiger partial charge >= 0.3 is 0 Å². The number of piperazine rings is 1. The maximum absolute atomic E-state index is 13.4. The molecule has 0 atom stereocenters. The quantitative estimate of drug-likeness (QED) is 0.837. The summed E-state index contributed by atoms with van der Waals surface area (Å²) in [6.45, 7) is 3.45. The van der Waals surface area contributed by atoms with Crippen molar-refractivity contribution in [3.8, 4) is 5.75 Å². The van der Waals surface area contributed by atoms with Crippen LogP contribution in [0.25, 0.3) is 0 Å². The maximum Gasteiger partial charge on any atom is 0.243 e. The molecule has 7 heteroatoms. The largest absolute Gasteiger partial charge is 0.495 e. The molecule has 3 rings (SSSR count). The second kappa shape index (κ2) is 7.01. The molecule has 2 aromatic rings. The normalized spacial score (nSPS) is 16.0. The highest BCUT2D eigenvalue weighted by Gasteiger charge is 2.29. The molecule has 0 radical (unpaired) electrons. The van der Waals surface area contributed by atoms with Gasteiger partial charge in [0, 0.05) is 26.2 Å². The van der Waals surface area contributed by atoms with Crippen molar-refractivity contribution >= 4 is 15.7 Å². The van der Waals surface area contributed by atoms with Crippen molar-refractivity contribution in [2.45, 2.75) is 11.8 Å². The average Bonchev–Trinajstić information content (AvgIpc) is 2.64. The number of halogens is 1. The minimum absolute atomic E-state index is 0.136. The van der Waals surface area contributed by atoms with Crippen LogP contribution in [0.5, 0.6) is 5.75 Å². The number of ether oxygens (including phenoxy) is 1. The van der Waals surface area contributed by atoms with Gasteiger partial charge in [0.2, 0.25) is 10.0 Å². The minimum Gasteiger partial charge on any atom is -0.495 e. The first-order valence-electron chi connectivity index (χ1n) is 8.08. The van der Waals surface area contributed by atoms with Crippen molar-refractivity contribution in [1.82, 2.24) is 4.31 Å². The molecular weight excluding hydrogens is 343 g/mol. The monoisotopic (exact) mass is 364 g/mol. The summed E-state index contributed by atoms with van der Waals surface area (Å²) >= 11 is 0. The number of hydrogen-bond acceptors (Lipinski definition) is 4. The molecule has 2 aromatic carbocycles. The Hall–Kier alpha value is -2.12. The Labute approximate surface area is 147 Å². The molecule has 0 amide bonds. The van der Waals surface area contributed by atoms with Crippen LogP contribution in [-0.4, -0.2) is 46.0 Å². The van der Waals surface area contributed by atoms with Gasteiger partial charge in [-0.3, -0.25) is 0 Å². The van der Waals surface area contributed by atoms with Crippen LogP contribution in [0.4, 0.5) is 10.1 Å². The van der Waals surface area contributed by atoms with Crippen molar-refractivity contribution in [3.05, 3.63) is 53.8 Å². The third kappa shape index (κ3) is 3.48. The molecule has 0 N–H and O–H groups in total. The summed E-state index contributed by atoms with van der Waals surface area (Å²) in [4.78, 5) is 2.25. The lowest BCUT2D eigenvalue weighted by Gasteiger charge is -2.36. The Morgan fingerprint density at radius 1 is 1.04 bits per heavy atom. The molecule has 5 nitrogen and oxygen atoms in total. The number of para-hydroxylation sites is 2. The average molecular weight is 364 g/mol. The second-order valence-corrected chi connectivity index (χ2v) is 7.91. The Bertz CT molecular complexity index is 862. The fourth-order valence-corrected chi connectivity index (χ4v) is 4.49. The van der Waals surface area contributed by atoms with Crippen LogP contribution in [0.1, 0.15) is 5.56 Å². The van der Waals surface area contributed by atoms with Gasteiger partial charge in [0.25, 0.3) is 0 Å². The molecule has 1 heterocycles. The lowest BCUT2D eigenvalue weighted by molar-refractivity contribution is 0.378. The summed E-state index contributed by atoms with van der Waals surface area (Å²) in [5, 5.41) is 0. The standard InChI is InChI=1S/C18H21FN2O3S/c1-14-13-15(7-8-16(14)19)25(22,23)21-11-9-20(10-12-21)17-5-3-4-6-18(17)24-2/h3-8,13H,9-12H2,1-2H3. The SMILES string of the molecule is COc1ccccc1N1CCN(S(=O)(=O)c2ccc(F)c(C)c2)CC1. The van der Waals surface area contributed by atoms with E-state index in [-0.39, 0.29) is 4.90 Å². The molecule has 25 heavy (non-hydrogen) atoms. The number of methoxy groups -OCH3 is 1. The highest BCUT2D eigenvalue weighted by molar-refractivity contribution is 7.89. The van der Waals surface area contributed by atoms with E-state index in [9.17, 15) is 12.8 Å². The Morgan fingerprint density at radius 3 is 2.36 bits per heavy atom. The molecule has 134 valence electrons. The van der Waals surface area contributed by atoms with Gasteiger partial charge in [0.05, 0.1) is 17.7 Å². The number of rotatable bonds is 4. The van der Waals surface area contributed by atoms with E-state index in [0.29, 0.717) is 31.7 Å².